The van der Waals surface area contributed by atoms with E-state index >= 15 is 0 Å². The number of rotatable bonds is 5. The third kappa shape index (κ3) is 3.28. The van der Waals surface area contributed by atoms with E-state index in [1.165, 1.54) is 29.3 Å². The molecule has 104 valence electrons. The van der Waals surface area contributed by atoms with Gasteiger partial charge >= 0.3 is 5.97 Å². The lowest BCUT2D eigenvalue weighted by Crippen LogP contribution is -2.27. The Bertz CT molecular complexity index is 639. The summed E-state index contributed by atoms with van der Waals surface area (Å²) in [6.07, 6.45) is 3.82. The van der Waals surface area contributed by atoms with Crippen LogP contribution in [0.3, 0.4) is 0 Å². The number of aromatic nitrogens is 4. The largest absolute Gasteiger partial charge is 0.506 e. The maximum Gasteiger partial charge on any atom is 0.358 e. The minimum absolute atomic E-state index is 0.0972. The molecule has 0 saturated carbocycles. The second kappa shape index (κ2) is 5.78. The fourth-order valence-electron chi connectivity index (χ4n) is 1.44. The van der Waals surface area contributed by atoms with E-state index in [0.717, 1.165) is 0 Å². The fourth-order valence-corrected chi connectivity index (χ4v) is 1.44. The van der Waals surface area contributed by atoms with Crippen LogP contribution in [0.15, 0.2) is 24.7 Å². The first kappa shape index (κ1) is 13.5. The zero-order valence-corrected chi connectivity index (χ0v) is 10.2. The van der Waals surface area contributed by atoms with Gasteiger partial charge in [0.15, 0.2) is 5.69 Å². The molecule has 9 heteroatoms. The third-order valence-corrected chi connectivity index (χ3v) is 2.37. The molecule has 0 saturated heterocycles. The molecule has 0 aliphatic carbocycles. The molecule has 2 rings (SSSR count). The molecule has 20 heavy (non-hydrogen) atoms. The Labute approximate surface area is 112 Å². The van der Waals surface area contributed by atoms with Crippen molar-refractivity contribution >= 4 is 11.9 Å². The van der Waals surface area contributed by atoms with Crippen LogP contribution in [0.4, 0.5) is 0 Å². The smallest absolute Gasteiger partial charge is 0.358 e. The summed E-state index contributed by atoms with van der Waals surface area (Å²) < 4.78 is 1.31. The summed E-state index contributed by atoms with van der Waals surface area (Å²) >= 11 is 0. The topological polar surface area (TPSA) is 130 Å². The highest BCUT2D eigenvalue weighted by molar-refractivity contribution is 5.94. The Kier molecular flexibility index (Phi) is 3.89. The maximum atomic E-state index is 11.7. The van der Waals surface area contributed by atoms with Crippen molar-refractivity contribution in [1.82, 2.24) is 25.3 Å². The van der Waals surface area contributed by atoms with Gasteiger partial charge in [-0.25, -0.2) is 9.48 Å². The van der Waals surface area contributed by atoms with Gasteiger partial charge < -0.3 is 15.5 Å². The highest BCUT2D eigenvalue weighted by Gasteiger charge is 2.09. The molecule has 0 aliphatic rings. The number of pyridine rings is 1. The van der Waals surface area contributed by atoms with Gasteiger partial charge in [0.2, 0.25) is 0 Å². The third-order valence-electron chi connectivity index (χ3n) is 2.37. The second-order valence-corrected chi connectivity index (χ2v) is 3.86. The van der Waals surface area contributed by atoms with Crippen LogP contribution in [0.1, 0.15) is 20.8 Å². The molecule has 0 unspecified atom stereocenters. The van der Waals surface area contributed by atoms with Crippen molar-refractivity contribution in [2.24, 2.45) is 0 Å². The van der Waals surface area contributed by atoms with Gasteiger partial charge in [0.1, 0.15) is 5.75 Å². The van der Waals surface area contributed by atoms with Gasteiger partial charge in [-0.05, 0) is 6.07 Å². The Balaban J connectivity index is 1.86. The van der Waals surface area contributed by atoms with Crippen LogP contribution < -0.4 is 5.32 Å². The monoisotopic (exact) mass is 277 g/mol. The first-order chi connectivity index (χ1) is 9.56. The molecule has 0 atom stereocenters. The summed E-state index contributed by atoms with van der Waals surface area (Å²) in [6, 6.07) is 1.29. The SMILES string of the molecule is O=C(NCCn1cc(C(=O)O)nn1)c1cncc(O)c1. The molecule has 2 heterocycles. The summed E-state index contributed by atoms with van der Waals surface area (Å²) in [5.41, 5.74) is 0.0725. The van der Waals surface area contributed by atoms with Gasteiger partial charge in [0.05, 0.1) is 24.5 Å². The van der Waals surface area contributed by atoms with Crippen molar-refractivity contribution in [3.05, 3.63) is 35.9 Å². The van der Waals surface area contributed by atoms with E-state index in [4.69, 9.17) is 5.11 Å². The zero-order valence-electron chi connectivity index (χ0n) is 10.2. The van der Waals surface area contributed by atoms with Gasteiger partial charge in [-0.1, -0.05) is 5.21 Å². The fraction of sp³-hybridized carbons (Fsp3) is 0.182. The molecule has 0 radical (unpaired) electrons. The minimum atomic E-state index is -1.16. The van der Waals surface area contributed by atoms with Crippen LogP contribution in [0.25, 0.3) is 0 Å². The molecule has 0 spiro atoms. The average molecular weight is 277 g/mol. The van der Waals surface area contributed by atoms with Gasteiger partial charge in [0, 0.05) is 12.7 Å². The van der Waals surface area contributed by atoms with Gasteiger partial charge in [-0.15, -0.1) is 5.10 Å². The van der Waals surface area contributed by atoms with Crippen molar-refractivity contribution < 1.29 is 19.8 Å². The van der Waals surface area contributed by atoms with Gasteiger partial charge in [-0.2, -0.15) is 0 Å². The number of nitrogens with one attached hydrogen (secondary N) is 1. The van der Waals surface area contributed by atoms with Crippen molar-refractivity contribution in [3.8, 4) is 5.75 Å². The van der Waals surface area contributed by atoms with E-state index in [0.29, 0.717) is 0 Å². The summed E-state index contributed by atoms with van der Waals surface area (Å²) in [6.45, 7) is 0.509. The number of aromatic carboxylic acids is 1. The van der Waals surface area contributed by atoms with E-state index < -0.39 is 11.9 Å². The lowest BCUT2D eigenvalue weighted by atomic mass is 10.2. The number of hydrogen-bond acceptors (Lipinski definition) is 6. The lowest BCUT2D eigenvalue weighted by molar-refractivity contribution is 0.0690. The first-order valence-electron chi connectivity index (χ1n) is 5.62. The number of aromatic hydroxyl groups is 1. The lowest BCUT2D eigenvalue weighted by Gasteiger charge is -2.04. The number of carbonyl (C=O) groups excluding carboxylic acids is 1. The quantitative estimate of drug-likeness (QED) is 0.672. The van der Waals surface area contributed by atoms with Crippen LogP contribution >= 0.6 is 0 Å². The van der Waals surface area contributed by atoms with Crippen molar-refractivity contribution in [2.75, 3.05) is 6.54 Å². The molecule has 1 amide bonds. The van der Waals surface area contributed by atoms with E-state index in [1.54, 1.807) is 0 Å². The highest BCUT2D eigenvalue weighted by Crippen LogP contribution is 2.07. The molecule has 0 aliphatic heterocycles. The number of carboxylic acid groups (broad SMARTS) is 1. The number of hydrogen-bond donors (Lipinski definition) is 3. The summed E-state index contributed by atoms with van der Waals surface area (Å²) in [5.74, 6) is -1.65. The van der Waals surface area contributed by atoms with Crippen molar-refractivity contribution in [1.29, 1.82) is 0 Å². The minimum Gasteiger partial charge on any atom is -0.506 e. The van der Waals surface area contributed by atoms with Gasteiger partial charge in [0.25, 0.3) is 5.91 Å². The standard InChI is InChI=1S/C11H11N5O4/c17-8-3-7(4-12-5-8)10(18)13-1-2-16-6-9(11(19)20)14-15-16/h3-6,17H,1-2H2,(H,13,18)(H,19,20). The Morgan fingerprint density at radius 1 is 1.35 bits per heavy atom. The highest BCUT2D eigenvalue weighted by atomic mass is 16.4. The molecular formula is C11H11N5O4. The second-order valence-electron chi connectivity index (χ2n) is 3.86. The molecule has 0 bridgehead atoms. The number of nitrogens with zero attached hydrogens (tertiary/aromatic N) is 4. The molecule has 0 fully saturated rings. The predicted octanol–water partition coefficient (Wildman–Crippen LogP) is -0.493. The number of carboxylic acids is 1. The Morgan fingerprint density at radius 3 is 2.80 bits per heavy atom. The van der Waals surface area contributed by atoms with E-state index in [-0.39, 0.29) is 30.1 Å². The molecule has 9 nitrogen and oxygen atoms in total. The van der Waals surface area contributed by atoms with Crippen LogP contribution in [0.5, 0.6) is 5.75 Å². The van der Waals surface area contributed by atoms with Gasteiger partial charge in [-0.3, -0.25) is 9.78 Å². The molecular weight excluding hydrogens is 266 g/mol. The van der Waals surface area contributed by atoms with Crippen LogP contribution in [-0.4, -0.2) is 48.6 Å². The summed E-state index contributed by atoms with van der Waals surface area (Å²) in [7, 11) is 0. The van der Waals surface area contributed by atoms with Crippen LogP contribution in [0.2, 0.25) is 0 Å². The Hall–Kier alpha value is -2.97. The average Bonchev–Trinajstić information content (AvgIpc) is 2.87. The van der Waals surface area contributed by atoms with Crippen molar-refractivity contribution in [2.45, 2.75) is 6.54 Å². The normalized spacial score (nSPS) is 10.2. The van der Waals surface area contributed by atoms with Crippen molar-refractivity contribution in [3.63, 3.8) is 0 Å². The van der Waals surface area contributed by atoms with E-state index in [2.05, 4.69) is 20.6 Å². The van der Waals surface area contributed by atoms with Crippen LogP contribution in [0, 0.1) is 0 Å². The molecule has 2 aromatic heterocycles. The number of amides is 1. The van der Waals surface area contributed by atoms with E-state index in [1.807, 2.05) is 0 Å². The van der Waals surface area contributed by atoms with Crippen LogP contribution in [-0.2, 0) is 6.54 Å². The predicted molar refractivity (Wildman–Crippen MR) is 65.2 cm³/mol. The molecule has 3 N–H and O–H groups in total. The first-order valence-corrected chi connectivity index (χ1v) is 5.62. The van der Waals surface area contributed by atoms with E-state index in [9.17, 15) is 14.7 Å². The molecule has 2 aromatic rings. The zero-order chi connectivity index (χ0) is 14.5. The Morgan fingerprint density at radius 2 is 2.15 bits per heavy atom. The summed E-state index contributed by atoms with van der Waals surface area (Å²) in [4.78, 5) is 26.0. The number of carbonyl (C=O) groups is 2. The summed E-state index contributed by atoms with van der Waals surface area (Å²) in [5, 5.41) is 27.5. The maximum absolute atomic E-state index is 11.7. The molecule has 0 aromatic carbocycles.